The van der Waals surface area contributed by atoms with Crippen LogP contribution in [0.25, 0.3) is 5.69 Å². The van der Waals surface area contributed by atoms with E-state index in [1.165, 1.54) is 11.3 Å². The van der Waals surface area contributed by atoms with Crippen molar-refractivity contribution in [3.63, 3.8) is 0 Å². The molecule has 0 fully saturated rings. The zero-order valence-corrected chi connectivity index (χ0v) is 15.3. The fraction of sp³-hybridized carbons (Fsp3) is 0.300. The number of para-hydroxylation sites is 1. The van der Waals surface area contributed by atoms with Crippen LogP contribution in [-0.4, -0.2) is 32.3 Å². The molecule has 3 aromatic rings. The van der Waals surface area contributed by atoms with Crippen LogP contribution in [0.1, 0.15) is 29.2 Å². The first-order valence-electron chi connectivity index (χ1n) is 9.20. The molecule has 1 aliphatic carbocycles. The number of anilines is 1. The molecule has 0 bridgehead atoms. The van der Waals surface area contributed by atoms with Crippen molar-refractivity contribution in [3.05, 3.63) is 65.4 Å². The molecule has 0 radical (unpaired) electrons. The third-order valence-corrected chi connectivity index (χ3v) is 4.71. The molecule has 1 aliphatic rings. The molecule has 2 aromatic heterocycles. The Bertz CT molecular complexity index is 950. The smallest absolute Gasteiger partial charge is 0.320 e. The Balaban J connectivity index is 1.34. The highest BCUT2D eigenvalue weighted by Crippen LogP contribution is 2.22. The molecule has 0 saturated carbocycles. The zero-order chi connectivity index (χ0) is 18.6. The lowest BCUT2D eigenvalue weighted by molar-refractivity contribution is 0.252. The summed E-state index contributed by atoms with van der Waals surface area (Å²) in [7, 11) is 0. The maximum atomic E-state index is 12.2. The first kappa shape index (κ1) is 17.2. The number of amides is 2. The molecule has 7 heteroatoms. The molecular weight excluding hydrogens is 340 g/mol. The van der Waals surface area contributed by atoms with Crippen LogP contribution in [0.2, 0.25) is 0 Å². The van der Waals surface area contributed by atoms with Gasteiger partial charge in [0.2, 0.25) is 0 Å². The van der Waals surface area contributed by atoms with Crippen molar-refractivity contribution in [2.45, 2.75) is 32.6 Å². The number of aromatic nitrogens is 4. The SMILES string of the molecule is Cc1nc(CCNC(=O)Nc2ccnn2-c2ccccc2)nc2c1CCC2. The standard InChI is InChI=1S/C20H22N6O/c1-14-16-8-5-9-17(16)24-18(23-14)10-12-21-20(27)25-19-11-13-22-26(19)15-6-3-2-4-7-15/h2-4,6-7,11,13H,5,8-10,12H2,1H3,(H2,21,25,27). The van der Waals surface area contributed by atoms with Gasteiger partial charge in [-0.2, -0.15) is 5.10 Å². The number of aryl methyl sites for hydroxylation is 2. The third-order valence-electron chi connectivity index (χ3n) is 4.71. The molecule has 2 heterocycles. The lowest BCUT2D eigenvalue weighted by atomic mass is 10.2. The summed E-state index contributed by atoms with van der Waals surface area (Å²) in [5.74, 6) is 1.41. The van der Waals surface area contributed by atoms with Crippen molar-refractivity contribution in [2.24, 2.45) is 0 Å². The fourth-order valence-corrected chi connectivity index (χ4v) is 3.42. The van der Waals surface area contributed by atoms with Gasteiger partial charge in [0, 0.05) is 30.4 Å². The summed E-state index contributed by atoms with van der Waals surface area (Å²) in [5.41, 5.74) is 4.44. The number of rotatable bonds is 5. The molecule has 1 aromatic carbocycles. The van der Waals surface area contributed by atoms with Crippen LogP contribution in [0.4, 0.5) is 10.6 Å². The number of nitrogens with one attached hydrogen (secondary N) is 2. The van der Waals surface area contributed by atoms with Crippen molar-refractivity contribution >= 4 is 11.8 Å². The Hall–Kier alpha value is -3.22. The Morgan fingerprint density at radius 2 is 2.00 bits per heavy atom. The summed E-state index contributed by atoms with van der Waals surface area (Å²) in [5, 5.41) is 9.97. The Kier molecular flexibility index (Phi) is 4.82. The molecule has 2 N–H and O–H groups in total. The summed E-state index contributed by atoms with van der Waals surface area (Å²) in [6, 6.07) is 11.2. The molecule has 2 amide bonds. The van der Waals surface area contributed by atoms with Crippen LogP contribution in [0, 0.1) is 6.92 Å². The van der Waals surface area contributed by atoms with Gasteiger partial charge in [0.25, 0.3) is 0 Å². The number of benzene rings is 1. The second kappa shape index (κ2) is 7.57. The second-order valence-corrected chi connectivity index (χ2v) is 6.60. The zero-order valence-electron chi connectivity index (χ0n) is 15.3. The van der Waals surface area contributed by atoms with Gasteiger partial charge in [-0.05, 0) is 43.9 Å². The van der Waals surface area contributed by atoms with E-state index >= 15 is 0 Å². The minimum Gasteiger partial charge on any atom is -0.337 e. The summed E-state index contributed by atoms with van der Waals surface area (Å²) in [4.78, 5) is 21.5. The Morgan fingerprint density at radius 3 is 2.85 bits per heavy atom. The van der Waals surface area contributed by atoms with Crippen molar-refractivity contribution in [1.82, 2.24) is 25.1 Å². The van der Waals surface area contributed by atoms with E-state index in [9.17, 15) is 4.79 Å². The van der Waals surface area contributed by atoms with Crippen molar-refractivity contribution in [2.75, 3.05) is 11.9 Å². The summed E-state index contributed by atoms with van der Waals surface area (Å²) in [6.07, 6.45) is 5.54. The van der Waals surface area contributed by atoms with Gasteiger partial charge in [-0.3, -0.25) is 5.32 Å². The molecule has 27 heavy (non-hydrogen) atoms. The predicted molar refractivity (Wildman–Crippen MR) is 103 cm³/mol. The lowest BCUT2D eigenvalue weighted by Crippen LogP contribution is -2.31. The average Bonchev–Trinajstić information content (AvgIpc) is 3.32. The molecule has 0 saturated heterocycles. The molecule has 4 rings (SSSR count). The largest absolute Gasteiger partial charge is 0.337 e. The number of carbonyl (C=O) groups excluding carboxylic acids is 1. The number of hydrogen-bond acceptors (Lipinski definition) is 4. The molecule has 138 valence electrons. The highest BCUT2D eigenvalue weighted by molar-refractivity contribution is 5.88. The van der Waals surface area contributed by atoms with E-state index in [1.807, 2.05) is 37.3 Å². The van der Waals surface area contributed by atoms with Crippen LogP contribution < -0.4 is 10.6 Å². The Morgan fingerprint density at radius 1 is 1.15 bits per heavy atom. The van der Waals surface area contributed by atoms with Crippen molar-refractivity contribution < 1.29 is 4.79 Å². The van der Waals surface area contributed by atoms with Crippen molar-refractivity contribution in [3.8, 4) is 5.69 Å². The minimum absolute atomic E-state index is 0.273. The van der Waals surface area contributed by atoms with E-state index in [4.69, 9.17) is 0 Å². The number of carbonyl (C=O) groups is 1. The number of urea groups is 1. The third kappa shape index (κ3) is 3.81. The van der Waals surface area contributed by atoms with Gasteiger partial charge < -0.3 is 5.32 Å². The van der Waals surface area contributed by atoms with Crippen LogP contribution in [-0.2, 0) is 19.3 Å². The topological polar surface area (TPSA) is 84.7 Å². The fourth-order valence-electron chi connectivity index (χ4n) is 3.42. The maximum absolute atomic E-state index is 12.2. The monoisotopic (exact) mass is 362 g/mol. The number of hydrogen-bond donors (Lipinski definition) is 2. The normalized spacial score (nSPS) is 12.6. The molecular formula is C20H22N6O. The van der Waals surface area contributed by atoms with E-state index in [0.29, 0.717) is 18.8 Å². The van der Waals surface area contributed by atoms with Crippen LogP contribution in [0.3, 0.4) is 0 Å². The van der Waals surface area contributed by atoms with Crippen LogP contribution >= 0.6 is 0 Å². The van der Waals surface area contributed by atoms with Gasteiger partial charge in [0.15, 0.2) is 0 Å². The van der Waals surface area contributed by atoms with Crippen LogP contribution in [0.15, 0.2) is 42.6 Å². The first-order chi connectivity index (χ1) is 13.2. The highest BCUT2D eigenvalue weighted by Gasteiger charge is 2.17. The van der Waals surface area contributed by atoms with Gasteiger partial charge in [0.1, 0.15) is 11.6 Å². The summed E-state index contributed by atoms with van der Waals surface area (Å²) < 4.78 is 1.69. The van der Waals surface area contributed by atoms with E-state index in [2.05, 4.69) is 25.7 Å². The van der Waals surface area contributed by atoms with Crippen molar-refractivity contribution in [1.29, 1.82) is 0 Å². The van der Waals surface area contributed by atoms with E-state index in [0.717, 1.165) is 36.5 Å². The Labute approximate surface area is 157 Å². The quantitative estimate of drug-likeness (QED) is 0.731. The summed E-state index contributed by atoms with van der Waals surface area (Å²) in [6.45, 7) is 2.52. The highest BCUT2D eigenvalue weighted by atomic mass is 16.2. The predicted octanol–water partition coefficient (Wildman–Crippen LogP) is 2.82. The van der Waals surface area contributed by atoms with Gasteiger partial charge in [-0.15, -0.1) is 0 Å². The molecule has 7 nitrogen and oxygen atoms in total. The molecule has 0 atom stereocenters. The maximum Gasteiger partial charge on any atom is 0.320 e. The van der Waals surface area contributed by atoms with Gasteiger partial charge in [-0.1, -0.05) is 18.2 Å². The van der Waals surface area contributed by atoms with E-state index in [1.54, 1.807) is 16.9 Å². The van der Waals surface area contributed by atoms with E-state index in [-0.39, 0.29) is 6.03 Å². The van der Waals surface area contributed by atoms with Crippen LogP contribution in [0.5, 0.6) is 0 Å². The summed E-state index contributed by atoms with van der Waals surface area (Å²) >= 11 is 0. The minimum atomic E-state index is -0.273. The number of fused-ring (bicyclic) bond motifs is 1. The lowest BCUT2D eigenvalue weighted by Gasteiger charge is -2.10. The average molecular weight is 362 g/mol. The van der Waals surface area contributed by atoms with E-state index < -0.39 is 0 Å². The molecule has 0 aliphatic heterocycles. The van der Waals surface area contributed by atoms with Gasteiger partial charge >= 0.3 is 6.03 Å². The molecule has 0 unspecified atom stereocenters. The first-order valence-corrected chi connectivity index (χ1v) is 9.20. The molecule has 0 spiro atoms. The second-order valence-electron chi connectivity index (χ2n) is 6.60. The van der Waals surface area contributed by atoms with Gasteiger partial charge in [-0.25, -0.2) is 19.4 Å². The van der Waals surface area contributed by atoms with Gasteiger partial charge in [0.05, 0.1) is 11.9 Å². The number of nitrogens with zero attached hydrogens (tertiary/aromatic N) is 4.